The molecule has 1 atom stereocenters. The van der Waals surface area contributed by atoms with Gasteiger partial charge in [0.15, 0.2) is 0 Å². The minimum atomic E-state index is -1.32. The number of benzene rings is 1. The van der Waals surface area contributed by atoms with E-state index in [2.05, 4.69) is 10.1 Å². The Morgan fingerprint density at radius 1 is 1.33 bits per heavy atom. The number of non-ortho nitro benzene ring substituents is 1. The third-order valence-electron chi connectivity index (χ3n) is 3.73. The first-order chi connectivity index (χ1) is 11.8. The zero-order valence-corrected chi connectivity index (χ0v) is 15.7. The molecule has 0 fully saturated rings. The minimum absolute atomic E-state index is 0. The molecule has 1 heterocycles. The fourth-order valence-corrected chi connectivity index (χ4v) is 2.68. The maximum Gasteiger partial charge on any atom is 0.337 e. The highest BCUT2D eigenvalue weighted by Gasteiger charge is 2.38. The van der Waals surface area contributed by atoms with E-state index in [-0.39, 0.29) is 58.6 Å². The van der Waals surface area contributed by atoms with Gasteiger partial charge in [0, 0.05) is 17.8 Å². The molecule has 1 unspecified atom stereocenters. The molecule has 1 aliphatic rings. The van der Waals surface area contributed by atoms with Gasteiger partial charge in [-0.05, 0) is 12.5 Å². The van der Waals surface area contributed by atoms with Crippen molar-refractivity contribution in [1.29, 1.82) is 5.26 Å². The number of carbonyl (C=O) groups is 2. The second-order valence-corrected chi connectivity index (χ2v) is 5.15. The van der Waals surface area contributed by atoms with Crippen molar-refractivity contribution < 1.29 is 24.4 Å². The molecule has 1 aromatic carbocycles. The van der Waals surface area contributed by atoms with Crippen LogP contribution in [-0.2, 0) is 14.3 Å². The molecule has 2 N–H and O–H groups in total. The zero-order valence-electron chi connectivity index (χ0n) is 14.1. The van der Waals surface area contributed by atoms with E-state index in [9.17, 15) is 30.1 Å². The van der Waals surface area contributed by atoms with Crippen molar-refractivity contribution in [3.8, 4) is 6.07 Å². The number of ether oxygens (including phenoxy) is 1. The molecule has 0 spiro atoms. The molecule has 144 valence electrons. The number of nitrogens with one attached hydrogen (secondary N) is 1. The van der Waals surface area contributed by atoms with E-state index in [1.807, 2.05) is 0 Å². The van der Waals surface area contributed by atoms with Gasteiger partial charge in [-0.1, -0.05) is 12.1 Å². The first-order valence-corrected chi connectivity index (χ1v) is 6.99. The van der Waals surface area contributed by atoms with Gasteiger partial charge < -0.3 is 15.2 Å². The fourth-order valence-electron chi connectivity index (χ4n) is 2.68. The highest BCUT2D eigenvalue weighted by Crippen LogP contribution is 2.39. The van der Waals surface area contributed by atoms with Crippen molar-refractivity contribution in [2.24, 2.45) is 0 Å². The quantitative estimate of drug-likeness (QED) is 0.433. The van der Waals surface area contributed by atoms with Crippen LogP contribution in [0.3, 0.4) is 0 Å². The number of hydrogen-bond acceptors (Lipinski definition) is 7. The maximum absolute atomic E-state index is 12.2. The summed E-state index contributed by atoms with van der Waals surface area (Å²) in [6.45, 7) is 1.44. The van der Waals surface area contributed by atoms with Crippen LogP contribution >= 0.6 is 24.8 Å². The molecule has 0 amide bonds. The largest absolute Gasteiger partial charge is 0.478 e. The van der Waals surface area contributed by atoms with Crippen molar-refractivity contribution in [3.63, 3.8) is 0 Å². The predicted octanol–water partition coefficient (Wildman–Crippen LogP) is 2.43. The van der Waals surface area contributed by atoms with Gasteiger partial charge in [0.1, 0.15) is 11.8 Å². The number of nitro groups is 1. The number of carboxylic acid groups (broad SMARTS) is 1. The molecule has 0 aliphatic carbocycles. The number of allylic oxidation sites excluding steroid dienone is 2. The lowest BCUT2D eigenvalue weighted by atomic mass is 9.80. The van der Waals surface area contributed by atoms with Crippen LogP contribution in [0.1, 0.15) is 18.4 Å². The van der Waals surface area contributed by atoms with Gasteiger partial charge in [-0.15, -0.1) is 24.8 Å². The molecular formula is C16H15Cl2N3O6. The van der Waals surface area contributed by atoms with E-state index in [0.29, 0.717) is 0 Å². The smallest absolute Gasteiger partial charge is 0.337 e. The van der Waals surface area contributed by atoms with E-state index in [1.54, 1.807) is 6.07 Å². The Balaban J connectivity index is 0.00000338. The molecule has 27 heavy (non-hydrogen) atoms. The van der Waals surface area contributed by atoms with Crippen molar-refractivity contribution in [3.05, 3.63) is 62.5 Å². The highest BCUT2D eigenvalue weighted by molar-refractivity contribution is 5.99. The van der Waals surface area contributed by atoms with Gasteiger partial charge in [-0.3, -0.25) is 10.1 Å². The third-order valence-corrected chi connectivity index (χ3v) is 3.73. The van der Waals surface area contributed by atoms with Crippen LogP contribution in [0.4, 0.5) is 5.69 Å². The number of methoxy groups -OCH3 is 1. The Bertz CT molecular complexity index is 888. The van der Waals surface area contributed by atoms with E-state index < -0.39 is 22.8 Å². The van der Waals surface area contributed by atoms with Crippen molar-refractivity contribution >= 4 is 42.4 Å². The van der Waals surface area contributed by atoms with Crippen LogP contribution in [0, 0.1) is 21.4 Å². The van der Waals surface area contributed by atoms with Gasteiger partial charge in [-0.2, -0.15) is 5.26 Å². The Hall–Kier alpha value is -3.09. The lowest BCUT2D eigenvalue weighted by molar-refractivity contribution is -0.384. The molecule has 0 aromatic heterocycles. The average molecular weight is 416 g/mol. The summed E-state index contributed by atoms with van der Waals surface area (Å²) in [7, 11) is 1.10. The topological polar surface area (TPSA) is 143 Å². The summed E-state index contributed by atoms with van der Waals surface area (Å²) in [5.41, 5.74) is -0.478. The number of dihydropyridines is 1. The lowest BCUT2D eigenvalue weighted by Crippen LogP contribution is -2.32. The van der Waals surface area contributed by atoms with Gasteiger partial charge in [-0.25, -0.2) is 9.59 Å². The minimum Gasteiger partial charge on any atom is -0.478 e. The van der Waals surface area contributed by atoms with Gasteiger partial charge in [0.05, 0.1) is 29.1 Å². The summed E-state index contributed by atoms with van der Waals surface area (Å²) in [5, 5.41) is 32.5. The summed E-state index contributed by atoms with van der Waals surface area (Å²) in [4.78, 5) is 34.3. The monoisotopic (exact) mass is 415 g/mol. The average Bonchev–Trinajstić information content (AvgIpc) is 2.59. The number of aliphatic carboxylic acids is 1. The van der Waals surface area contributed by atoms with E-state index in [0.717, 1.165) is 7.11 Å². The summed E-state index contributed by atoms with van der Waals surface area (Å²) in [6, 6.07) is 7.05. The maximum atomic E-state index is 12.2. The Morgan fingerprint density at radius 3 is 2.44 bits per heavy atom. The van der Waals surface area contributed by atoms with E-state index >= 15 is 0 Å². The van der Waals surface area contributed by atoms with Gasteiger partial charge >= 0.3 is 11.9 Å². The number of carboxylic acids is 1. The fraction of sp³-hybridized carbons (Fsp3) is 0.188. The van der Waals surface area contributed by atoms with Crippen LogP contribution < -0.4 is 5.32 Å². The Kier molecular flexibility index (Phi) is 8.47. The molecular weight excluding hydrogens is 401 g/mol. The van der Waals surface area contributed by atoms with Gasteiger partial charge in [0.2, 0.25) is 0 Å². The molecule has 0 saturated heterocycles. The zero-order chi connectivity index (χ0) is 18.7. The van der Waals surface area contributed by atoms with Crippen LogP contribution in [0.25, 0.3) is 0 Å². The predicted molar refractivity (Wildman–Crippen MR) is 98.5 cm³/mol. The third kappa shape index (κ3) is 4.55. The van der Waals surface area contributed by atoms with Crippen LogP contribution in [-0.4, -0.2) is 29.1 Å². The lowest BCUT2D eigenvalue weighted by Gasteiger charge is -2.28. The number of nitrogens with zero attached hydrogens (tertiary/aromatic N) is 2. The second-order valence-electron chi connectivity index (χ2n) is 5.15. The Morgan fingerprint density at radius 2 is 1.96 bits per heavy atom. The molecule has 9 nitrogen and oxygen atoms in total. The number of esters is 1. The van der Waals surface area contributed by atoms with Gasteiger partial charge in [0.25, 0.3) is 5.69 Å². The summed E-state index contributed by atoms with van der Waals surface area (Å²) in [6.07, 6.45) is 0. The normalized spacial score (nSPS) is 15.5. The first kappa shape index (κ1) is 23.9. The molecule has 1 aliphatic heterocycles. The molecule has 11 heteroatoms. The summed E-state index contributed by atoms with van der Waals surface area (Å²) in [5.74, 6) is -3.40. The molecule has 0 saturated carbocycles. The van der Waals surface area contributed by atoms with Crippen LogP contribution in [0.15, 0.2) is 46.8 Å². The standard InChI is InChI=1S/C16H13N3O6.2ClH/c1-8-12(15(20)21)13(9-4-3-5-10(6-9)19(23)24)14(16(22)25-2)11(7-17)18-8;;/h3-6,13,18H,1-2H3,(H,20,21);2*1H. The van der Waals surface area contributed by atoms with Crippen LogP contribution in [0.2, 0.25) is 0 Å². The summed E-state index contributed by atoms with van der Waals surface area (Å²) < 4.78 is 4.68. The number of carbonyl (C=O) groups excluding carboxylic acids is 1. The van der Waals surface area contributed by atoms with E-state index in [4.69, 9.17) is 0 Å². The van der Waals surface area contributed by atoms with Crippen molar-refractivity contribution in [2.45, 2.75) is 12.8 Å². The van der Waals surface area contributed by atoms with Crippen molar-refractivity contribution in [1.82, 2.24) is 5.32 Å². The molecule has 0 bridgehead atoms. The summed E-state index contributed by atoms with van der Waals surface area (Å²) >= 11 is 0. The second kappa shape index (κ2) is 9.56. The van der Waals surface area contributed by atoms with Crippen LogP contribution in [0.5, 0.6) is 0 Å². The first-order valence-electron chi connectivity index (χ1n) is 6.99. The number of hydrogen-bond donors (Lipinski definition) is 2. The molecule has 1 aromatic rings. The van der Waals surface area contributed by atoms with Crippen molar-refractivity contribution in [2.75, 3.05) is 7.11 Å². The number of nitriles is 1. The SMILES string of the molecule is COC(=O)C1=C(C#N)NC(C)=C(C(=O)O)C1c1cccc([N+](=O)[O-])c1.Cl.Cl. The number of nitro benzene ring substituents is 1. The molecule has 0 radical (unpaired) electrons. The Labute approximate surface area is 166 Å². The van der Waals surface area contributed by atoms with E-state index in [1.165, 1.54) is 31.2 Å². The highest BCUT2D eigenvalue weighted by atomic mass is 35.5. The number of halogens is 2. The molecule has 2 rings (SSSR count). The number of rotatable bonds is 4.